The molecule has 2 atom stereocenters. The van der Waals surface area contributed by atoms with Gasteiger partial charge in [-0.25, -0.2) is 4.68 Å². The number of anilines is 2. The van der Waals surface area contributed by atoms with Crippen LogP contribution in [0.4, 0.5) is 11.9 Å². The number of carbonyl (C=O) groups is 1. The number of methoxy groups -OCH3 is 1. The van der Waals surface area contributed by atoms with Crippen LogP contribution < -0.4 is 15.4 Å². The SMILES string of the molecule is COc1ccc(CC(=O)Nc2nc3n(n2)[C@H](c2ccccc2)C[C@H](c2ccccc2)N3)cc1. The zero-order chi connectivity index (χ0) is 22.6. The Balaban J connectivity index is 1.38. The zero-order valence-electron chi connectivity index (χ0n) is 18.3. The van der Waals surface area contributed by atoms with Crippen LogP contribution >= 0.6 is 0 Å². The molecule has 2 N–H and O–H groups in total. The summed E-state index contributed by atoms with van der Waals surface area (Å²) in [5.74, 6) is 1.53. The molecule has 1 amide bonds. The third-order valence-electron chi connectivity index (χ3n) is 5.85. The summed E-state index contributed by atoms with van der Waals surface area (Å²) in [4.78, 5) is 17.2. The van der Waals surface area contributed by atoms with Crippen molar-refractivity contribution in [2.24, 2.45) is 0 Å². The van der Waals surface area contributed by atoms with Gasteiger partial charge in [-0.2, -0.15) is 4.98 Å². The number of hydrogen-bond acceptors (Lipinski definition) is 5. The van der Waals surface area contributed by atoms with Gasteiger partial charge in [0.1, 0.15) is 5.75 Å². The molecule has 0 spiro atoms. The highest BCUT2D eigenvalue weighted by Gasteiger charge is 2.31. The molecule has 3 aromatic carbocycles. The summed E-state index contributed by atoms with van der Waals surface area (Å²) in [7, 11) is 1.62. The standard InChI is InChI=1S/C26H25N5O2/c1-33-21-14-12-18(13-15-21)16-24(32)28-25-29-26-27-22(19-8-4-2-5-9-19)17-23(31(26)30-25)20-10-6-3-7-11-20/h2-15,22-23H,16-17H2,1H3,(H2,27,28,29,30,32)/t22-,23+/m1/s1. The van der Waals surface area contributed by atoms with E-state index in [-0.39, 0.29) is 24.4 Å². The molecule has 0 aliphatic carbocycles. The first-order valence-electron chi connectivity index (χ1n) is 11.0. The van der Waals surface area contributed by atoms with E-state index < -0.39 is 0 Å². The normalized spacial score (nSPS) is 17.0. The molecular formula is C26H25N5O2. The first-order valence-corrected chi connectivity index (χ1v) is 11.0. The lowest BCUT2D eigenvalue weighted by Crippen LogP contribution is -2.28. The molecule has 0 saturated heterocycles. The lowest BCUT2D eigenvalue weighted by atomic mass is 9.93. The summed E-state index contributed by atoms with van der Waals surface area (Å²) in [6.07, 6.45) is 1.06. The molecule has 5 rings (SSSR count). The number of nitrogens with zero attached hydrogens (tertiary/aromatic N) is 3. The number of aromatic nitrogens is 3. The maximum absolute atomic E-state index is 12.6. The number of benzene rings is 3. The topological polar surface area (TPSA) is 81.1 Å². The van der Waals surface area contributed by atoms with Gasteiger partial charge in [0.2, 0.25) is 11.9 Å². The maximum atomic E-state index is 12.6. The van der Waals surface area contributed by atoms with Crippen molar-refractivity contribution in [2.75, 3.05) is 17.7 Å². The van der Waals surface area contributed by atoms with Crippen molar-refractivity contribution in [2.45, 2.75) is 24.9 Å². The van der Waals surface area contributed by atoms with Crippen LogP contribution in [0, 0.1) is 0 Å². The summed E-state index contributed by atoms with van der Waals surface area (Å²) in [5.41, 5.74) is 3.24. The molecule has 1 aliphatic rings. The second-order valence-electron chi connectivity index (χ2n) is 8.05. The first-order chi connectivity index (χ1) is 16.2. The molecule has 2 heterocycles. The summed E-state index contributed by atoms with van der Waals surface area (Å²) >= 11 is 0. The lowest BCUT2D eigenvalue weighted by Gasteiger charge is -2.31. The van der Waals surface area contributed by atoms with Crippen molar-refractivity contribution in [3.05, 3.63) is 102 Å². The Kier molecular flexibility index (Phi) is 5.76. The van der Waals surface area contributed by atoms with E-state index in [2.05, 4.69) is 45.0 Å². The van der Waals surface area contributed by atoms with Gasteiger partial charge in [-0.1, -0.05) is 72.8 Å². The molecular weight excluding hydrogens is 414 g/mol. The third kappa shape index (κ3) is 4.57. The molecule has 0 radical (unpaired) electrons. The number of amides is 1. The maximum Gasteiger partial charge on any atom is 0.250 e. The van der Waals surface area contributed by atoms with Crippen LogP contribution in [0.2, 0.25) is 0 Å². The van der Waals surface area contributed by atoms with Gasteiger partial charge in [-0.3, -0.25) is 10.1 Å². The number of rotatable bonds is 6. The van der Waals surface area contributed by atoms with E-state index in [0.29, 0.717) is 11.9 Å². The predicted molar refractivity (Wildman–Crippen MR) is 127 cm³/mol. The van der Waals surface area contributed by atoms with E-state index in [0.717, 1.165) is 23.3 Å². The molecule has 1 aromatic heterocycles. The quantitative estimate of drug-likeness (QED) is 0.458. The largest absolute Gasteiger partial charge is 0.497 e. The molecule has 7 heteroatoms. The molecule has 0 bridgehead atoms. The summed E-state index contributed by atoms with van der Waals surface area (Å²) in [5, 5.41) is 11.0. The number of ether oxygens (including phenoxy) is 1. The van der Waals surface area contributed by atoms with Crippen molar-refractivity contribution in [3.63, 3.8) is 0 Å². The van der Waals surface area contributed by atoms with Gasteiger partial charge >= 0.3 is 0 Å². The van der Waals surface area contributed by atoms with E-state index in [1.165, 1.54) is 5.56 Å². The highest BCUT2D eigenvalue weighted by Crippen LogP contribution is 2.38. The molecule has 7 nitrogen and oxygen atoms in total. The van der Waals surface area contributed by atoms with Crippen LogP contribution in [0.25, 0.3) is 0 Å². The molecule has 166 valence electrons. The predicted octanol–water partition coefficient (Wildman–Crippen LogP) is 4.61. The highest BCUT2D eigenvalue weighted by molar-refractivity contribution is 5.90. The van der Waals surface area contributed by atoms with Gasteiger partial charge < -0.3 is 10.1 Å². The van der Waals surface area contributed by atoms with Gasteiger partial charge in [-0.15, -0.1) is 5.10 Å². The zero-order valence-corrected chi connectivity index (χ0v) is 18.3. The van der Waals surface area contributed by atoms with E-state index in [9.17, 15) is 4.79 Å². The van der Waals surface area contributed by atoms with Crippen LogP contribution in [0.3, 0.4) is 0 Å². The van der Waals surface area contributed by atoms with Crippen LogP contribution in [0.1, 0.15) is 35.2 Å². The van der Waals surface area contributed by atoms with Crippen molar-refractivity contribution < 1.29 is 9.53 Å². The minimum atomic E-state index is -0.168. The molecule has 33 heavy (non-hydrogen) atoms. The molecule has 0 saturated carbocycles. The lowest BCUT2D eigenvalue weighted by molar-refractivity contribution is -0.115. The fraction of sp³-hybridized carbons (Fsp3) is 0.192. The Morgan fingerprint density at radius 3 is 2.33 bits per heavy atom. The van der Waals surface area contributed by atoms with E-state index >= 15 is 0 Å². The Morgan fingerprint density at radius 2 is 1.67 bits per heavy atom. The van der Waals surface area contributed by atoms with Gasteiger partial charge in [0, 0.05) is 0 Å². The Labute approximate surface area is 192 Å². The van der Waals surface area contributed by atoms with Crippen LogP contribution in [-0.2, 0) is 11.2 Å². The van der Waals surface area contributed by atoms with E-state index in [4.69, 9.17) is 4.74 Å². The minimum absolute atomic E-state index is 0.00685. The number of nitrogens with one attached hydrogen (secondary N) is 2. The van der Waals surface area contributed by atoms with E-state index in [1.54, 1.807) is 7.11 Å². The minimum Gasteiger partial charge on any atom is -0.497 e. The second-order valence-corrected chi connectivity index (χ2v) is 8.05. The van der Waals surface area contributed by atoms with Crippen molar-refractivity contribution in [1.82, 2.24) is 14.8 Å². The molecule has 0 fully saturated rings. The molecule has 0 unspecified atom stereocenters. The van der Waals surface area contributed by atoms with Crippen molar-refractivity contribution in [3.8, 4) is 5.75 Å². The molecule has 1 aliphatic heterocycles. The Bertz CT molecular complexity index is 1220. The number of fused-ring (bicyclic) bond motifs is 1. The summed E-state index contributed by atoms with van der Waals surface area (Å²) < 4.78 is 7.05. The highest BCUT2D eigenvalue weighted by atomic mass is 16.5. The number of carbonyl (C=O) groups excluding carboxylic acids is 1. The van der Waals surface area contributed by atoms with Gasteiger partial charge in [0.15, 0.2) is 0 Å². The summed E-state index contributed by atoms with van der Waals surface area (Å²) in [6, 6.07) is 28.1. The van der Waals surface area contributed by atoms with Crippen LogP contribution in [-0.4, -0.2) is 27.8 Å². The fourth-order valence-corrected chi connectivity index (χ4v) is 4.18. The fourth-order valence-electron chi connectivity index (χ4n) is 4.18. The van der Waals surface area contributed by atoms with Gasteiger partial charge in [0.05, 0.1) is 25.6 Å². The first kappa shape index (κ1) is 20.8. The van der Waals surface area contributed by atoms with E-state index in [1.807, 2.05) is 65.3 Å². The summed E-state index contributed by atoms with van der Waals surface area (Å²) in [6.45, 7) is 0. The Hall–Kier alpha value is -4.13. The second kappa shape index (κ2) is 9.16. The van der Waals surface area contributed by atoms with Gasteiger partial charge in [-0.05, 0) is 35.2 Å². The molecule has 4 aromatic rings. The monoisotopic (exact) mass is 439 g/mol. The Morgan fingerprint density at radius 1 is 1.00 bits per heavy atom. The van der Waals surface area contributed by atoms with Crippen molar-refractivity contribution >= 4 is 17.8 Å². The smallest absolute Gasteiger partial charge is 0.250 e. The third-order valence-corrected chi connectivity index (χ3v) is 5.85. The van der Waals surface area contributed by atoms with Gasteiger partial charge in [0.25, 0.3) is 5.95 Å². The van der Waals surface area contributed by atoms with Crippen LogP contribution in [0.5, 0.6) is 5.75 Å². The van der Waals surface area contributed by atoms with Crippen molar-refractivity contribution in [1.29, 1.82) is 0 Å². The van der Waals surface area contributed by atoms with Crippen LogP contribution in [0.15, 0.2) is 84.9 Å². The average molecular weight is 440 g/mol. The number of hydrogen-bond donors (Lipinski definition) is 2. The average Bonchev–Trinajstić information content (AvgIpc) is 3.27.